The molecule has 0 aromatic heterocycles. The molecule has 2 N–H and O–H groups in total. The summed E-state index contributed by atoms with van der Waals surface area (Å²) in [6.07, 6.45) is 3.36. The number of nitro groups is 1. The number of phenols is 1. The highest BCUT2D eigenvalue weighted by molar-refractivity contribution is 5.58. The number of aromatic hydroxyl groups is 1. The summed E-state index contributed by atoms with van der Waals surface area (Å²) < 4.78 is 13.1. The molecule has 0 heterocycles. The molecule has 16 heavy (non-hydrogen) atoms. The molecule has 0 aliphatic heterocycles. The van der Waals surface area contributed by atoms with Crippen LogP contribution in [0, 0.1) is 15.9 Å². The summed E-state index contributed by atoms with van der Waals surface area (Å²) in [6.45, 7) is -0.0564. The summed E-state index contributed by atoms with van der Waals surface area (Å²) in [5.74, 6) is -2.01. The Labute approximate surface area is 90.6 Å². The molecule has 6 heteroatoms. The molecule has 0 spiro atoms. The molecule has 5 nitrogen and oxygen atoms in total. The summed E-state index contributed by atoms with van der Waals surface area (Å²) in [7, 11) is 0. The van der Waals surface area contributed by atoms with Gasteiger partial charge in [0.2, 0.25) is 5.75 Å². The minimum absolute atomic E-state index is 0.0564. The van der Waals surface area contributed by atoms with Gasteiger partial charge in [-0.15, -0.1) is 0 Å². The number of nitro benzene ring substituents is 1. The van der Waals surface area contributed by atoms with Crippen LogP contribution in [-0.2, 0) is 0 Å². The fraction of sp³-hybridized carbons (Fsp3) is 0.200. The van der Waals surface area contributed by atoms with Gasteiger partial charge in [-0.2, -0.15) is 0 Å². The van der Waals surface area contributed by atoms with E-state index < -0.39 is 22.2 Å². The third-order valence-electron chi connectivity index (χ3n) is 1.87. The van der Waals surface area contributed by atoms with Crippen LogP contribution < -0.4 is 0 Å². The molecule has 0 saturated carbocycles. The van der Waals surface area contributed by atoms with Crippen molar-refractivity contribution in [1.82, 2.24) is 0 Å². The summed E-state index contributed by atoms with van der Waals surface area (Å²) in [5, 5.41) is 28.1. The van der Waals surface area contributed by atoms with Crippen LogP contribution in [0.1, 0.15) is 12.0 Å². The number of rotatable bonds is 4. The molecule has 0 aliphatic carbocycles. The average molecular weight is 227 g/mol. The van der Waals surface area contributed by atoms with Crippen molar-refractivity contribution < 1.29 is 19.5 Å². The van der Waals surface area contributed by atoms with Crippen molar-refractivity contribution in [1.29, 1.82) is 0 Å². The Morgan fingerprint density at radius 2 is 2.19 bits per heavy atom. The third kappa shape index (κ3) is 2.77. The molecule has 0 atom stereocenters. The summed E-state index contributed by atoms with van der Waals surface area (Å²) in [5.41, 5.74) is -0.418. The predicted molar refractivity (Wildman–Crippen MR) is 55.5 cm³/mol. The molecule has 0 fully saturated rings. The molecule has 86 valence electrons. The van der Waals surface area contributed by atoms with Gasteiger partial charge in [-0.3, -0.25) is 10.1 Å². The van der Waals surface area contributed by atoms with Crippen molar-refractivity contribution in [3.8, 4) is 5.75 Å². The van der Waals surface area contributed by atoms with Crippen LogP contribution in [0.5, 0.6) is 5.75 Å². The van der Waals surface area contributed by atoms with Crippen molar-refractivity contribution in [2.75, 3.05) is 6.61 Å². The molecular formula is C10H10FNO4. The normalized spacial score (nSPS) is 10.9. The van der Waals surface area contributed by atoms with Gasteiger partial charge in [0.1, 0.15) is 0 Å². The number of phenolic OH excluding ortho intramolecular Hbond substituents is 1. The molecule has 1 aromatic rings. The zero-order chi connectivity index (χ0) is 12.1. The molecule has 0 bridgehead atoms. The molecule has 0 aliphatic rings. The number of nitrogens with zero attached hydrogens (tertiary/aromatic N) is 1. The first-order chi connectivity index (χ1) is 7.56. The zero-order valence-electron chi connectivity index (χ0n) is 8.26. The fourth-order valence-corrected chi connectivity index (χ4v) is 1.13. The van der Waals surface area contributed by atoms with Gasteiger partial charge in [0.25, 0.3) is 0 Å². The monoisotopic (exact) mass is 227 g/mol. The maximum Gasteiger partial charge on any atom is 0.314 e. The Bertz CT molecular complexity index is 431. The van der Waals surface area contributed by atoms with Crippen LogP contribution >= 0.6 is 0 Å². The predicted octanol–water partition coefficient (Wildman–Crippen LogP) is 1.84. The van der Waals surface area contributed by atoms with Gasteiger partial charge in [0.05, 0.1) is 4.92 Å². The van der Waals surface area contributed by atoms with Crippen molar-refractivity contribution in [2.24, 2.45) is 0 Å². The maximum atomic E-state index is 13.1. The molecule has 0 unspecified atom stereocenters. The van der Waals surface area contributed by atoms with E-state index in [0.717, 1.165) is 12.1 Å². The standard InChI is InChI=1S/C10H10FNO4/c11-8-5-7(3-1-2-4-13)6-9(10(8)14)12(15)16/h1,3,5-6,13-14H,2,4H2. The number of hydrogen-bond acceptors (Lipinski definition) is 4. The number of benzene rings is 1. The van der Waals surface area contributed by atoms with Crippen molar-refractivity contribution >= 4 is 11.8 Å². The van der Waals surface area contributed by atoms with E-state index in [-0.39, 0.29) is 12.2 Å². The SMILES string of the molecule is O=[N+]([O-])c1cc(C=CCCO)cc(F)c1O. The Morgan fingerprint density at radius 3 is 2.75 bits per heavy atom. The maximum absolute atomic E-state index is 13.1. The molecule has 0 saturated heterocycles. The molecule has 0 amide bonds. The lowest BCUT2D eigenvalue weighted by Crippen LogP contribution is -1.92. The number of hydrogen-bond donors (Lipinski definition) is 2. The third-order valence-corrected chi connectivity index (χ3v) is 1.87. The summed E-state index contributed by atoms with van der Waals surface area (Å²) >= 11 is 0. The van der Waals surface area contributed by atoms with Gasteiger partial charge < -0.3 is 10.2 Å². The second-order valence-corrected chi connectivity index (χ2v) is 3.04. The lowest BCUT2D eigenvalue weighted by Gasteiger charge is -1.99. The van der Waals surface area contributed by atoms with E-state index in [9.17, 15) is 14.5 Å². The van der Waals surface area contributed by atoms with E-state index in [4.69, 9.17) is 10.2 Å². The lowest BCUT2D eigenvalue weighted by molar-refractivity contribution is -0.386. The highest BCUT2D eigenvalue weighted by atomic mass is 19.1. The van der Waals surface area contributed by atoms with Crippen LogP contribution in [0.3, 0.4) is 0 Å². The smallest absolute Gasteiger partial charge is 0.314 e. The second-order valence-electron chi connectivity index (χ2n) is 3.04. The van der Waals surface area contributed by atoms with Crippen LogP contribution in [-0.4, -0.2) is 21.7 Å². The van der Waals surface area contributed by atoms with E-state index in [1.807, 2.05) is 0 Å². The van der Waals surface area contributed by atoms with Crippen LogP contribution in [0.15, 0.2) is 18.2 Å². The van der Waals surface area contributed by atoms with Gasteiger partial charge in [0.15, 0.2) is 5.82 Å². The van der Waals surface area contributed by atoms with E-state index >= 15 is 0 Å². The number of aliphatic hydroxyl groups is 1. The first-order valence-corrected chi connectivity index (χ1v) is 4.50. The minimum Gasteiger partial charge on any atom is -0.500 e. The van der Waals surface area contributed by atoms with Gasteiger partial charge in [0, 0.05) is 12.7 Å². The molecule has 1 rings (SSSR count). The first-order valence-electron chi connectivity index (χ1n) is 4.50. The zero-order valence-corrected chi connectivity index (χ0v) is 8.26. The first kappa shape index (κ1) is 12.1. The Hall–Kier alpha value is -1.95. The van der Waals surface area contributed by atoms with Crippen LogP contribution in [0.25, 0.3) is 6.08 Å². The lowest BCUT2D eigenvalue weighted by atomic mass is 10.1. The highest BCUT2D eigenvalue weighted by Crippen LogP contribution is 2.30. The minimum atomic E-state index is -1.04. The van der Waals surface area contributed by atoms with E-state index in [1.165, 1.54) is 6.08 Å². The average Bonchev–Trinajstić information content (AvgIpc) is 2.23. The van der Waals surface area contributed by atoms with Crippen molar-refractivity contribution in [2.45, 2.75) is 6.42 Å². The van der Waals surface area contributed by atoms with Gasteiger partial charge >= 0.3 is 5.69 Å². The quantitative estimate of drug-likeness (QED) is 0.607. The molecule has 1 aromatic carbocycles. The Morgan fingerprint density at radius 1 is 1.50 bits per heavy atom. The topological polar surface area (TPSA) is 83.6 Å². The van der Waals surface area contributed by atoms with Gasteiger partial charge in [-0.1, -0.05) is 12.2 Å². The second kappa shape index (κ2) is 5.22. The Balaban J connectivity index is 3.09. The molecule has 0 radical (unpaired) electrons. The highest BCUT2D eigenvalue weighted by Gasteiger charge is 2.18. The van der Waals surface area contributed by atoms with Gasteiger partial charge in [-0.05, 0) is 18.1 Å². The van der Waals surface area contributed by atoms with E-state index in [2.05, 4.69) is 0 Å². The van der Waals surface area contributed by atoms with Crippen molar-refractivity contribution in [3.05, 3.63) is 39.7 Å². The van der Waals surface area contributed by atoms with E-state index in [1.54, 1.807) is 6.08 Å². The number of halogens is 1. The van der Waals surface area contributed by atoms with Crippen LogP contribution in [0.4, 0.5) is 10.1 Å². The number of aliphatic hydroxyl groups excluding tert-OH is 1. The summed E-state index contributed by atoms with van der Waals surface area (Å²) in [4.78, 5) is 9.61. The molecular weight excluding hydrogens is 217 g/mol. The largest absolute Gasteiger partial charge is 0.500 e. The van der Waals surface area contributed by atoms with Crippen molar-refractivity contribution in [3.63, 3.8) is 0 Å². The van der Waals surface area contributed by atoms with E-state index in [0.29, 0.717) is 6.42 Å². The van der Waals surface area contributed by atoms with Crippen LogP contribution in [0.2, 0.25) is 0 Å². The van der Waals surface area contributed by atoms with Gasteiger partial charge in [-0.25, -0.2) is 4.39 Å². The Kier molecular flexibility index (Phi) is 3.96. The fourth-order valence-electron chi connectivity index (χ4n) is 1.13. The summed E-state index contributed by atoms with van der Waals surface area (Å²) in [6, 6.07) is 2.04.